The summed E-state index contributed by atoms with van der Waals surface area (Å²) in [5.74, 6) is -0.421. The molecule has 0 saturated carbocycles. The van der Waals surface area contributed by atoms with Gasteiger partial charge in [0.2, 0.25) is 0 Å². The van der Waals surface area contributed by atoms with Gasteiger partial charge in [0, 0.05) is 6.04 Å². The molecule has 1 unspecified atom stereocenters. The fraction of sp³-hybridized carbons (Fsp3) is 0.889. The third kappa shape index (κ3) is 13.2. The number of likely N-dealkylation sites (tertiary alicyclic amines) is 1. The predicted molar refractivity (Wildman–Crippen MR) is 102 cm³/mol. The van der Waals surface area contributed by atoms with E-state index in [0.29, 0.717) is 6.54 Å². The van der Waals surface area contributed by atoms with E-state index < -0.39 is 5.60 Å². The molecular weight excluding hydrogens is 390 g/mol. The number of piperidine rings is 1. The number of hydrogen-bond donors (Lipinski definition) is 1. The molecule has 148 valence electrons. The molecule has 7 heteroatoms. The van der Waals surface area contributed by atoms with E-state index in [4.69, 9.17) is 9.47 Å². The molecule has 0 spiro atoms. The van der Waals surface area contributed by atoms with Gasteiger partial charge in [0.1, 0.15) is 16.5 Å². The molecule has 1 heterocycles. The normalized spacial score (nSPS) is 18.8. The van der Waals surface area contributed by atoms with Crippen molar-refractivity contribution in [2.75, 3.05) is 25.0 Å². The number of hydrogen-bond acceptors (Lipinski definition) is 6. The van der Waals surface area contributed by atoms with Gasteiger partial charge in [-0.1, -0.05) is 22.4 Å². The summed E-state index contributed by atoms with van der Waals surface area (Å²) >= 11 is 2.99. The Kier molecular flexibility index (Phi) is 10.8. The first-order valence-corrected chi connectivity index (χ1v) is 9.84. The molecule has 1 N–H and O–H groups in total. The topological polar surface area (TPSA) is 76.1 Å². The minimum atomic E-state index is -0.429. The molecule has 1 saturated heterocycles. The largest absolute Gasteiger partial charge is 0.459 e. The summed E-state index contributed by atoms with van der Waals surface area (Å²) in [5, 5.41) is 9.48. The quantitative estimate of drug-likeness (QED) is 0.553. The Morgan fingerprint density at radius 3 is 1.96 bits per heavy atom. The van der Waals surface area contributed by atoms with E-state index in [9.17, 15) is 14.7 Å². The fourth-order valence-electron chi connectivity index (χ4n) is 2.38. The smallest absolute Gasteiger partial charge is 0.320 e. The van der Waals surface area contributed by atoms with Crippen LogP contribution in [-0.2, 0) is 19.1 Å². The number of aliphatic hydroxyl groups excluding tert-OH is 1. The zero-order chi connectivity index (χ0) is 19.7. The van der Waals surface area contributed by atoms with Crippen LogP contribution >= 0.6 is 15.9 Å². The monoisotopic (exact) mass is 423 g/mol. The molecule has 0 amide bonds. The third-order valence-corrected chi connectivity index (χ3v) is 3.70. The van der Waals surface area contributed by atoms with Crippen molar-refractivity contribution < 1.29 is 24.2 Å². The van der Waals surface area contributed by atoms with Crippen LogP contribution < -0.4 is 0 Å². The number of nitrogens with zero attached hydrogens (tertiary/aromatic N) is 1. The number of ether oxygens (including phenoxy) is 2. The molecule has 0 aliphatic carbocycles. The fourth-order valence-corrected chi connectivity index (χ4v) is 2.50. The van der Waals surface area contributed by atoms with Crippen LogP contribution in [0.5, 0.6) is 0 Å². The van der Waals surface area contributed by atoms with Crippen molar-refractivity contribution in [2.24, 2.45) is 0 Å². The van der Waals surface area contributed by atoms with Crippen LogP contribution in [0.25, 0.3) is 0 Å². The lowest BCUT2D eigenvalue weighted by molar-refractivity contribution is -0.157. The highest BCUT2D eigenvalue weighted by atomic mass is 79.9. The second-order valence-electron chi connectivity index (χ2n) is 8.11. The SMILES string of the molecule is CC(C)(C)OC(=O)CBr.CC(C)(C)OC(=O)CN1CCCCC1CO. The standard InChI is InChI=1S/C12H23NO3.C6H11BrO2/c1-12(2,3)16-11(15)8-13-7-5-4-6-10(13)9-14;1-6(2,3)9-5(8)4-7/h10,14H,4-9H2,1-3H3;4H2,1-3H3. The zero-order valence-corrected chi connectivity index (χ0v) is 18.0. The van der Waals surface area contributed by atoms with Crippen molar-refractivity contribution >= 4 is 27.9 Å². The highest BCUT2D eigenvalue weighted by Crippen LogP contribution is 2.17. The molecule has 0 bridgehead atoms. The Labute approximate surface area is 160 Å². The van der Waals surface area contributed by atoms with E-state index in [1.165, 1.54) is 0 Å². The van der Waals surface area contributed by atoms with Gasteiger partial charge >= 0.3 is 11.9 Å². The van der Waals surface area contributed by atoms with Gasteiger partial charge in [-0.3, -0.25) is 14.5 Å². The molecule has 0 aromatic rings. The Balaban J connectivity index is 0.000000547. The van der Waals surface area contributed by atoms with E-state index in [2.05, 4.69) is 15.9 Å². The molecule has 0 aromatic carbocycles. The molecule has 25 heavy (non-hydrogen) atoms. The molecule has 1 aliphatic rings. The highest BCUT2D eigenvalue weighted by Gasteiger charge is 2.25. The number of alkyl halides is 1. The van der Waals surface area contributed by atoms with Gasteiger partial charge in [0.05, 0.1) is 13.2 Å². The van der Waals surface area contributed by atoms with Gasteiger partial charge in [-0.25, -0.2) is 0 Å². The Hall–Kier alpha value is -0.660. The van der Waals surface area contributed by atoms with Crippen LogP contribution in [0.4, 0.5) is 0 Å². The summed E-state index contributed by atoms with van der Waals surface area (Å²) in [6.45, 7) is 12.4. The number of carbonyl (C=O) groups is 2. The lowest BCUT2D eigenvalue weighted by atomic mass is 10.0. The number of aliphatic hydroxyl groups is 1. The van der Waals surface area contributed by atoms with Gasteiger partial charge in [0.25, 0.3) is 0 Å². The number of carbonyl (C=O) groups excluding carboxylic acids is 2. The summed E-state index contributed by atoms with van der Waals surface area (Å²) in [6, 6.07) is 0.126. The Morgan fingerprint density at radius 1 is 1.04 bits per heavy atom. The second kappa shape index (κ2) is 11.1. The summed E-state index contributed by atoms with van der Waals surface area (Å²) in [5.41, 5.74) is -0.785. The van der Waals surface area contributed by atoms with Crippen molar-refractivity contribution in [3.8, 4) is 0 Å². The van der Waals surface area contributed by atoms with E-state index in [0.717, 1.165) is 25.8 Å². The molecule has 1 atom stereocenters. The van der Waals surface area contributed by atoms with E-state index >= 15 is 0 Å². The van der Waals surface area contributed by atoms with E-state index in [1.54, 1.807) is 0 Å². The van der Waals surface area contributed by atoms with Crippen molar-refractivity contribution in [2.45, 2.75) is 78.0 Å². The minimum Gasteiger partial charge on any atom is -0.459 e. The molecule has 0 aromatic heterocycles. The molecule has 1 fully saturated rings. The van der Waals surface area contributed by atoms with Crippen LogP contribution in [0.1, 0.15) is 60.8 Å². The molecule has 1 rings (SSSR count). The van der Waals surface area contributed by atoms with Crippen LogP contribution in [-0.4, -0.2) is 64.2 Å². The predicted octanol–water partition coefficient (Wildman–Crippen LogP) is 2.90. The first kappa shape index (κ1) is 24.3. The van der Waals surface area contributed by atoms with Crippen LogP contribution in [0, 0.1) is 0 Å². The van der Waals surface area contributed by atoms with Gasteiger partial charge in [-0.2, -0.15) is 0 Å². The van der Waals surface area contributed by atoms with E-state index in [-0.39, 0.29) is 35.5 Å². The van der Waals surface area contributed by atoms with Crippen LogP contribution in [0.15, 0.2) is 0 Å². The number of halogens is 1. The van der Waals surface area contributed by atoms with Crippen LogP contribution in [0.2, 0.25) is 0 Å². The van der Waals surface area contributed by atoms with Gasteiger partial charge < -0.3 is 14.6 Å². The summed E-state index contributed by atoms with van der Waals surface area (Å²) in [4.78, 5) is 24.2. The first-order chi connectivity index (χ1) is 11.4. The maximum Gasteiger partial charge on any atom is 0.320 e. The molecule has 1 aliphatic heterocycles. The third-order valence-electron chi connectivity index (χ3n) is 3.24. The van der Waals surface area contributed by atoms with Gasteiger partial charge in [-0.05, 0) is 60.9 Å². The first-order valence-electron chi connectivity index (χ1n) is 8.72. The second-order valence-corrected chi connectivity index (χ2v) is 8.67. The van der Waals surface area contributed by atoms with Crippen molar-refractivity contribution in [3.05, 3.63) is 0 Å². The Bertz CT molecular complexity index is 415. The maximum atomic E-state index is 11.6. The Morgan fingerprint density at radius 2 is 1.56 bits per heavy atom. The molecule has 0 radical (unpaired) electrons. The van der Waals surface area contributed by atoms with Gasteiger partial charge in [0.15, 0.2) is 0 Å². The van der Waals surface area contributed by atoms with Crippen molar-refractivity contribution in [1.82, 2.24) is 4.90 Å². The average molecular weight is 424 g/mol. The summed E-state index contributed by atoms with van der Waals surface area (Å²) < 4.78 is 10.2. The summed E-state index contributed by atoms with van der Waals surface area (Å²) in [7, 11) is 0. The van der Waals surface area contributed by atoms with Crippen molar-refractivity contribution in [1.29, 1.82) is 0 Å². The molecule has 6 nitrogen and oxygen atoms in total. The molecular formula is C18H34BrNO5. The average Bonchev–Trinajstić information content (AvgIpc) is 2.44. The van der Waals surface area contributed by atoms with Crippen LogP contribution in [0.3, 0.4) is 0 Å². The van der Waals surface area contributed by atoms with E-state index in [1.807, 2.05) is 46.4 Å². The highest BCUT2D eigenvalue weighted by molar-refractivity contribution is 9.09. The summed E-state index contributed by atoms with van der Waals surface area (Å²) in [6.07, 6.45) is 3.20. The number of rotatable bonds is 4. The minimum absolute atomic E-state index is 0.126. The van der Waals surface area contributed by atoms with Gasteiger partial charge in [-0.15, -0.1) is 0 Å². The zero-order valence-electron chi connectivity index (χ0n) is 16.4. The number of esters is 2. The lowest BCUT2D eigenvalue weighted by Crippen LogP contribution is -2.45. The maximum absolute atomic E-state index is 11.6. The van der Waals surface area contributed by atoms with Crippen molar-refractivity contribution in [3.63, 3.8) is 0 Å². The lowest BCUT2D eigenvalue weighted by Gasteiger charge is -2.34.